The molecular formula is C44H31N3O6S. The van der Waals surface area contributed by atoms with Crippen LogP contribution in [-0.4, -0.2) is 39.5 Å². The van der Waals surface area contributed by atoms with E-state index in [1.165, 1.54) is 4.90 Å². The number of anilines is 1. The first-order valence-corrected chi connectivity index (χ1v) is 18.6. The lowest BCUT2D eigenvalue weighted by Crippen LogP contribution is -2.30. The normalized spacial score (nSPS) is 15.2. The maximum absolute atomic E-state index is 14.1. The van der Waals surface area contributed by atoms with Crippen molar-refractivity contribution in [2.45, 2.75) is 42.9 Å². The summed E-state index contributed by atoms with van der Waals surface area (Å²) in [6, 6.07) is 27.1. The number of allylic oxidation sites excluding steroid dienone is 4. The summed E-state index contributed by atoms with van der Waals surface area (Å²) < 4.78 is 5.93. The number of H-pyrrole nitrogens is 1. The van der Waals surface area contributed by atoms with Crippen molar-refractivity contribution in [3.05, 3.63) is 159 Å². The number of nitrogens with zero attached hydrogens (tertiary/aromatic N) is 2. The molecule has 2 aliphatic carbocycles. The number of hydrogen-bond donors (Lipinski definition) is 1. The minimum absolute atomic E-state index is 0.0250. The van der Waals surface area contributed by atoms with Gasteiger partial charge in [-0.1, -0.05) is 48.6 Å². The number of aromatic nitrogens is 2. The second-order valence-electron chi connectivity index (χ2n) is 13.8. The topological polar surface area (TPSA) is 126 Å². The van der Waals surface area contributed by atoms with E-state index in [4.69, 9.17) is 4.74 Å². The number of amides is 2. The second-order valence-corrected chi connectivity index (χ2v) is 14.9. The zero-order valence-corrected chi connectivity index (χ0v) is 30.0. The van der Waals surface area contributed by atoms with Crippen LogP contribution in [0.5, 0.6) is 5.75 Å². The molecule has 0 fully saturated rings. The van der Waals surface area contributed by atoms with Crippen LogP contribution in [0.1, 0.15) is 84.6 Å². The predicted octanol–water partition coefficient (Wildman–Crippen LogP) is 8.46. The van der Waals surface area contributed by atoms with Gasteiger partial charge in [0.05, 0.1) is 33.8 Å². The Bertz CT molecular complexity index is 2690. The minimum atomic E-state index is -1.33. The number of imide groups is 1. The summed E-state index contributed by atoms with van der Waals surface area (Å²) in [6.45, 7) is 3.81. The number of nitrogens with one attached hydrogen (secondary N) is 1. The Labute approximate surface area is 313 Å². The number of aromatic amines is 1. The highest BCUT2D eigenvalue weighted by Crippen LogP contribution is 2.41. The molecule has 0 radical (unpaired) electrons. The maximum Gasteiger partial charge on any atom is 0.266 e. The zero-order valence-electron chi connectivity index (χ0n) is 29.2. The Balaban J connectivity index is 1.03. The number of thioether (sulfide) groups is 1. The number of carbonyl (C=O) groups is 4. The average Bonchev–Trinajstić information content (AvgIpc) is 3.85. The van der Waals surface area contributed by atoms with Crippen LogP contribution >= 0.6 is 11.8 Å². The SMILES string of the molecule is CC(C)Oc1ccc(C2=CC=CC2)c(N2C(=O)c3cc4cc5c(cc4cc3C2=O)C(=O)C(c2nc3ccc(SCc4ccccc4)cc3c(=O)[nH]2)C5=O)c1. The molecule has 0 bridgehead atoms. The van der Waals surface area contributed by atoms with Crippen LogP contribution in [0.15, 0.2) is 119 Å². The van der Waals surface area contributed by atoms with Crippen LogP contribution in [0.4, 0.5) is 5.69 Å². The van der Waals surface area contributed by atoms with Crippen LogP contribution in [0.25, 0.3) is 27.2 Å². The van der Waals surface area contributed by atoms with Gasteiger partial charge in [-0.05, 0) is 96.8 Å². The van der Waals surface area contributed by atoms with Gasteiger partial charge in [0.2, 0.25) is 0 Å². The van der Waals surface area contributed by atoms with E-state index >= 15 is 0 Å². The van der Waals surface area contributed by atoms with Gasteiger partial charge < -0.3 is 9.72 Å². The first kappa shape index (κ1) is 33.4. The molecule has 264 valence electrons. The summed E-state index contributed by atoms with van der Waals surface area (Å²) in [6.07, 6.45) is 6.46. The van der Waals surface area contributed by atoms with Crippen LogP contribution in [0, 0.1) is 0 Å². The van der Waals surface area contributed by atoms with Gasteiger partial charge in [0.1, 0.15) is 17.5 Å². The Kier molecular flexibility index (Phi) is 8.01. The second kappa shape index (κ2) is 12.9. The summed E-state index contributed by atoms with van der Waals surface area (Å²) in [5.41, 5.74) is 3.96. The fourth-order valence-electron chi connectivity index (χ4n) is 7.41. The van der Waals surface area contributed by atoms with Gasteiger partial charge in [-0.3, -0.25) is 24.0 Å². The summed E-state index contributed by atoms with van der Waals surface area (Å²) in [5.74, 6) is -2.07. The molecule has 1 N–H and O–H groups in total. The molecular weight excluding hydrogens is 699 g/mol. The summed E-state index contributed by atoms with van der Waals surface area (Å²) in [7, 11) is 0. The molecule has 9 rings (SSSR count). The molecule has 0 saturated heterocycles. The van der Waals surface area contributed by atoms with Gasteiger partial charge >= 0.3 is 0 Å². The van der Waals surface area contributed by atoms with Crippen molar-refractivity contribution >= 4 is 68.1 Å². The molecule has 6 aromatic rings. The highest BCUT2D eigenvalue weighted by atomic mass is 32.2. The van der Waals surface area contributed by atoms with Crippen molar-refractivity contribution < 1.29 is 23.9 Å². The molecule has 0 atom stereocenters. The zero-order chi connectivity index (χ0) is 37.2. The molecule has 1 aromatic heterocycles. The predicted molar refractivity (Wildman–Crippen MR) is 209 cm³/mol. The van der Waals surface area contributed by atoms with E-state index in [1.54, 1.807) is 54.2 Å². The lowest BCUT2D eigenvalue weighted by atomic mass is 9.98. The lowest BCUT2D eigenvalue weighted by Gasteiger charge is -2.21. The molecule has 10 heteroatoms. The molecule has 54 heavy (non-hydrogen) atoms. The minimum Gasteiger partial charge on any atom is -0.491 e. The fourth-order valence-corrected chi connectivity index (χ4v) is 8.30. The molecule has 0 spiro atoms. The van der Waals surface area contributed by atoms with E-state index < -0.39 is 34.9 Å². The van der Waals surface area contributed by atoms with Crippen molar-refractivity contribution in [3.63, 3.8) is 0 Å². The maximum atomic E-state index is 14.1. The van der Waals surface area contributed by atoms with E-state index in [0.29, 0.717) is 39.5 Å². The summed E-state index contributed by atoms with van der Waals surface area (Å²) in [4.78, 5) is 78.6. The van der Waals surface area contributed by atoms with E-state index in [1.807, 2.05) is 80.6 Å². The molecule has 5 aromatic carbocycles. The van der Waals surface area contributed by atoms with Gasteiger partial charge in [-0.25, -0.2) is 9.88 Å². The Morgan fingerprint density at radius 2 is 1.48 bits per heavy atom. The third-order valence-electron chi connectivity index (χ3n) is 9.95. The number of ether oxygens (including phenoxy) is 1. The van der Waals surface area contributed by atoms with E-state index in [0.717, 1.165) is 27.3 Å². The van der Waals surface area contributed by atoms with Crippen LogP contribution in [0.3, 0.4) is 0 Å². The quantitative estimate of drug-likeness (QED) is 0.0940. The fraction of sp³-hybridized carbons (Fsp3) is 0.136. The van der Waals surface area contributed by atoms with Crippen molar-refractivity contribution in [1.29, 1.82) is 0 Å². The van der Waals surface area contributed by atoms with Gasteiger partial charge in [0, 0.05) is 33.4 Å². The van der Waals surface area contributed by atoms with Crippen LogP contribution < -0.4 is 15.2 Å². The van der Waals surface area contributed by atoms with E-state index in [9.17, 15) is 24.0 Å². The van der Waals surface area contributed by atoms with Gasteiger partial charge in [-0.2, -0.15) is 0 Å². The van der Waals surface area contributed by atoms with Gasteiger partial charge in [0.15, 0.2) is 11.6 Å². The molecule has 2 heterocycles. The van der Waals surface area contributed by atoms with Gasteiger partial charge in [0.25, 0.3) is 17.4 Å². The van der Waals surface area contributed by atoms with E-state index in [-0.39, 0.29) is 34.2 Å². The summed E-state index contributed by atoms with van der Waals surface area (Å²) in [5, 5.41) is 1.41. The molecule has 9 nitrogen and oxygen atoms in total. The first-order valence-electron chi connectivity index (χ1n) is 17.6. The number of ketones is 2. The van der Waals surface area contributed by atoms with Crippen LogP contribution in [-0.2, 0) is 5.75 Å². The summed E-state index contributed by atoms with van der Waals surface area (Å²) >= 11 is 1.59. The number of benzene rings is 5. The third kappa shape index (κ3) is 5.57. The largest absolute Gasteiger partial charge is 0.491 e. The van der Waals surface area contributed by atoms with Crippen LogP contribution in [0.2, 0.25) is 0 Å². The number of carbonyl (C=O) groups excluding carboxylic acids is 4. The molecule has 0 unspecified atom stereocenters. The standard InChI is InChI=1S/C44H31N3O6S/c1-23(2)53-28-12-14-30(25-10-6-7-11-25)37(20-28)47-43(51)33-18-26-16-31-32(17-27(26)19-34(33)44(47)52)40(49)38(39(31)48)41-45-36-15-13-29(21-35(36)42(50)46-41)54-22-24-8-4-3-5-9-24/h3-10,12-21,23,38H,11,22H2,1-2H3,(H,45,46,50). The van der Waals surface area contributed by atoms with E-state index in [2.05, 4.69) is 9.97 Å². The van der Waals surface area contributed by atoms with Gasteiger partial charge in [-0.15, -0.1) is 11.8 Å². The van der Waals surface area contributed by atoms with Crippen molar-refractivity contribution in [3.8, 4) is 5.75 Å². The molecule has 1 aliphatic heterocycles. The average molecular weight is 730 g/mol. The molecule has 2 amide bonds. The first-order chi connectivity index (χ1) is 26.1. The Morgan fingerprint density at radius 1 is 0.796 bits per heavy atom. The number of Topliss-reactive ketones (excluding diaryl/α,β-unsaturated/α-hetero) is 2. The molecule has 3 aliphatic rings. The smallest absolute Gasteiger partial charge is 0.266 e. The highest BCUT2D eigenvalue weighted by Gasteiger charge is 2.43. The number of hydrogen-bond acceptors (Lipinski definition) is 8. The highest BCUT2D eigenvalue weighted by molar-refractivity contribution is 7.98. The van der Waals surface area contributed by atoms with Crippen molar-refractivity contribution in [1.82, 2.24) is 9.97 Å². The number of rotatable bonds is 8. The Hall–Kier alpha value is -6.39. The third-order valence-corrected chi connectivity index (χ3v) is 11.0. The molecule has 0 saturated carbocycles. The van der Waals surface area contributed by atoms with Crippen molar-refractivity contribution in [2.75, 3.05) is 4.90 Å². The van der Waals surface area contributed by atoms with Crippen molar-refractivity contribution in [2.24, 2.45) is 0 Å². The number of fused-ring (bicyclic) bond motifs is 4. The lowest BCUT2D eigenvalue weighted by molar-refractivity contribution is 0.0880. The Morgan fingerprint density at radius 3 is 2.13 bits per heavy atom. The monoisotopic (exact) mass is 729 g/mol.